The average Bonchev–Trinajstić information content (AvgIpc) is 2.37. The maximum absolute atomic E-state index is 12.2. The SMILES string of the molecule is Cc1ccc(NC(=O)CN2C(C)CCCC2C)c(N)c1. The van der Waals surface area contributed by atoms with Crippen LogP contribution in [0.4, 0.5) is 11.4 Å². The summed E-state index contributed by atoms with van der Waals surface area (Å²) in [5.74, 6) is 0.0150. The van der Waals surface area contributed by atoms with Gasteiger partial charge in [0.05, 0.1) is 17.9 Å². The Balaban J connectivity index is 1.98. The van der Waals surface area contributed by atoms with E-state index in [1.807, 2.05) is 25.1 Å². The van der Waals surface area contributed by atoms with Gasteiger partial charge in [0.15, 0.2) is 0 Å². The first kappa shape index (κ1) is 14.9. The molecule has 2 atom stereocenters. The van der Waals surface area contributed by atoms with E-state index in [1.165, 1.54) is 19.3 Å². The molecule has 4 nitrogen and oxygen atoms in total. The van der Waals surface area contributed by atoms with Gasteiger partial charge in [0.25, 0.3) is 0 Å². The number of carbonyl (C=O) groups is 1. The third kappa shape index (κ3) is 3.51. The Labute approximate surface area is 121 Å². The highest BCUT2D eigenvalue weighted by molar-refractivity contribution is 5.95. The molecule has 1 aromatic rings. The number of nitrogen functional groups attached to an aromatic ring is 1. The van der Waals surface area contributed by atoms with Crippen molar-refractivity contribution in [3.63, 3.8) is 0 Å². The van der Waals surface area contributed by atoms with Crippen LogP contribution in [0.25, 0.3) is 0 Å². The van der Waals surface area contributed by atoms with E-state index in [-0.39, 0.29) is 5.91 Å². The molecule has 1 aliphatic rings. The number of carbonyl (C=O) groups excluding carboxylic acids is 1. The summed E-state index contributed by atoms with van der Waals surface area (Å²) in [7, 11) is 0. The minimum atomic E-state index is 0.0150. The maximum atomic E-state index is 12.2. The van der Waals surface area contributed by atoms with Crippen LogP contribution < -0.4 is 11.1 Å². The van der Waals surface area contributed by atoms with Crippen molar-refractivity contribution in [2.45, 2.75) is 52.1 Å². The highest BCUT2D eigenvalue weighted by Gasteiger charge is 2.26. The summed E-state index contributed by atoms with van der Waals surface area (Å²) in [6.45, 7) is 6.82. The molecule has 2 unspecified atom stereocenters. The van der Waals surface area contributed by atoms with Crippen LogP contribution in [-0.2, 0) is 4.79 Å². The number of nitrogens with zero attached hydrogens (tertiary/aromatic N) is 1. The number of likely N-dealkylation sites (tertiary alicyclic amines) is 1. The van der Waals surface area contributed by atoms with Gasteiger partial charge in [-0.15, -0.1) is 0 Å². The lowest BCUT2D eigenvalue weighted by atomic mass is 9.97. The smallest absolute Gasteiger partial charge is 0.238 e. The second-order valence-electron chi connectivity index (χ2n) is 5.94. The monoisotopic (exact) mass is 275 g/mol. The third-order valence-corrected chi connectivity index (χ3v) is 4.18. The highest BCUT2D eigenvalue weighted by atomic mass is 16.2. The number of benzene rings is 1. The van der Waals surface area contributed by atoms with Crippen LogP contribution in [0.15, 0.2) is 18.2 Å². The molecular weight excluding hydrogens is 250 g/mol. The topological polar surface area (TPSA) is 58.4 Å². The van der Waals surface area contributed by atoms with Crippen molar-refractivity contribution in [1.82, 2.24) is 4.90 Å². The van der Waals surface area contributed by atoms with Crippen molar-refractivity contribution in [3.8, 4) is 0 Å². The van der Waals surface area contributed by atoms with Gasteiger partial charge in [-0.3, -0.25) is 9.69 Å². The van der Waals surface area contributed by atoms with Crippen LogP contribution in [0.5, 0.6) is 0 Å². The summed E-state index contributed by atoms with van der Waals surface area (Å²) in [5, 5.41) is 2.92. The second-order valence-corrected chi connectivity index (χ2v) is 5.94. The summed E-state index contributed by atoms with van der Waals surface area (Å²) in [5.41, 5.74) is 8.35. The standard InChI is InChI=1S/C16H25N3O/c1-11-7-8-15(14(17)9-11)18-16(20)10-19-12(2)5-4-6-13(19)3/h7-9,12-13H,4-6,10,17H2,1-3H3,(H,18,20). The Morgan fingerprint density at radius 3 is 2.60 bits per heavy atom. The predicted octanol–water partition coefficient (Wildman–Crippen LogP) is 2.78. The molecule has 1 heterocycles. The normalized spacial score (nSPS) is 23.6. The zero-order valence-corrected chi connectivity index (χ0v) is 12.6. The molecule has 0 radical (unpaired) electrons. The lowest BCUT2D eigenvalue weighted by Crippen LogP contribution is -2.47. The van der Waals surface area contributed by atoms with Crippen molar-refractivity contribution in [2.24, 2.45) is 0 Å². The number of anilines is 2. The molecular formula is C16H25N3O. The fraction of sp³-hybridized carbons (Fsp3) is 0.562. The van der Waals surface area contributed by atoms with Crippen LogP contribution in [-0.4, -0.2) is 29.4 Å². The van der Waals surface area contributed by atoms with E-state index in [0.717, 1.165) is 5.56 Å². The Bertz CT molecular complexity index is 477. The molecule has 1 fully saturated rings. The van der Waals surface area contributed by atoms with E-state index in [0.29, 0.717) is 30.0 Å². The molecule has 2 rings (SSSR count). The average molecular weight is 275 g/mol. The molecule has 110 valence electrons. The summed E-state index contributed by atoms with van der Waals surface area (Å²) in [6.07, 6.45) is 3.60. The molecule has 1 aromatic carbocycles. The van der Waals surface area contributed by atoms with Gasteiger partial charge < -0.3 is 11.1 Å². The van der Waals surface area contributed by atoms with Gasteiger partial charge in [-0.25, -0.2) is 0 Å². The molecule has 20 heavy (non-hydrogen) atoms. The van der Waals surface area contributed by atoms with Gasteiger partial charge in [-0.1, -0.05) is 12.5 Å². The van der Waals surface area contributed by atoms with E-state index in [9.17, 15) is 4.79 Å². The van der Waals surface area contributed by atoms with Crippen LogP contribution in [0.3, 0.4) is 0 Å². The molecule has 0 aliphatic carbocycles. The third-order valence-electron chi connectivity index (χ3n) is 4.18. The first-order chi connectivity index (χ1) is 9.47. The van der Waals surface area contributed by atoms with E-state index < -0.39 is 0 Å². The number of hydrogen-bond donors (Lipinski definition) is 2. The van der Waals surface area contributed by atoms with Crippen LogP contribution in [0.2, 0.25) is 0 Å². The van der Waals surface area contributed by atoms with Crippen molar-refractivity contribution in [1.29, 1.82) is 0 Å². The minimum Gasteiger partial charge on any atom is -0.397 e. The summed E-state index contributed by atoms with van der Waals surface area (Å²) < 4.78 is 0. The quantitative estimate of drug-likeness (QED) is 0.834. The summed E-state index contributed by atoms with van der Waals surface area (Å²) in [4.78, 5) is 14.5. The van der Waals surface area contributed by atoms with E-state index in [4.69, 9.17) is 5.73 Å². The predicted molar refractivity (Wildman–Crippen MR) is 83.7 cm³/mol. The van der Waals surface area contributed by atoms with Crippen molar-refractivity contribution < 1.29 is 4.79 Å². The molecule has 0 bridgehead atoms. The number of aryl methyl sites for hydroxylation is 1. The number of rotatable bonds is 3. The van der Waals surface area contributed by atoms with Crippen molar-refractivity contribution >= 4 is 17.3 Å². The number of hydrogen-bond acceptors (Lipinski definition) is 3. The molecule has 4 heteroatoms. The maximum Gasteiger partial charge on any atom is 0.238 e. The first-order valence-corrected chi connectivity index (χ1v) is 7.39. The zero-order chi connectivity index (χ0) is 14.7. The molecule has 0 spiro atoms. The number of nitrogens with two attached hydrogens (primary N) is 1. The Morgan fingerprint density at radius 1 is 1.35 bits per heavy atom. The fourth-order valence-corrected chi connectivity index (χ4v) is 2.94. The Morgan fingerprint density at radius 2 is 2.00 bits per heavy atom. The lowest BCUT2D eigenvalue weighted by molar-refractivity contribution is -0.118. The van der Waals surface area contributed by atoms with Gasteiger partial charge in [0, 0.05) is 12.1 Å². The zero-order valence-electron chi connectivity index (χ0n) is 12.6. The summed E-state index contributed by atoms with van der Waals surface area (Å²) >= 11 is 0. The number of piperidine rings is 1. The lowest BCUT2D eigenvalue weighted by Gasteiger charge is -2.38. The largest absolute Gasteiger partial charge is 0.397 e. The number of amides is 1. The van der Waals surface area contributed by atoms with Crippen molar-refractivity contribution in [2.75, 3.05) is 17.6 Å². The van der Waals surface area contributed by atoms with Crippen LogP contribution in [0, 0.1) is 6.92 Å². The van der Waals surface area contributed by atoms with Crippen LogP contribution >= 0.6 is 0 Å². The fourth-order valence-electron chi connectivity index (χ4n) is 2.94. The molecule has 0 saturated carbocycles. The molecule has 1 saturated heterocycles. The molecule has 0 aromatic heterocycles. The van der Waals surface area contributed by atoms with Crippen LogP contribution in [0.1, 0.15) is 38.7 Å². The second kappa shape index (κ2) is 6.27. The Kier molecular flexibility index (Phi) is 4.65. The first-order valence-electron chi connectivity index (χ1n) is 7.39. The van der Waals surface area contributed by atoms with Gasteiger partial charge in [-0.05, 0) is 51.3 Å². The van der Waals surface area contributed by atoms with E-state index in [1.54, 1.807) is 0 Å². The van der Waals surface area contributed by atoms with Crippen molar-refractivity contribution in [3.05, 3.63) is 23.8 Å². The van der Waals surface area contributed by atoms with Gasteiger partial charge in [-0.2, -0.15) is 0 Å². The van der Waals surface area contributed by atoms with Gasteiger partial charge in [0.2, 0.25) is 5.91 Å². The molecule has 3 N–H and O–H groups in total. The Hall–Kier alpha value is -1.55. The molecule has 1 aliphatic heterocycles. The minimum absolute atomic E-state index is 0.0150. The van der Waals surface area contributed by atoms with Gasteiger partial charge >= 0.3 is 0 Å². The van der Waals surface area contributed by atoms with E-state index in [2.05, 4.69) is 24.1 Å². The molecule has 1 amide bonds. The van der Waals surface area contributed by atoms with Gasteiger partial charge in [0.1, 0.15) is 0 Å². The highest BCUT2D eigenvalue weighted by Crippen LogP contribution is 2.23. The summed E-state index contributed by atoms with van der Waals surface area (Å²) in [6, 6.07) is 6.64. The van der Waals surface area contributed by atoms with E-state index >= 15 is 0 Å². The number of nitrogens with one attached hydrogen (secondary N) is 1.